The summed E-state index contributed by atoms with van der Waals surface area (Å²) < 4.78 is 52.2. The number of nitrogens with zero attached hydrogens (tertiary/aromatic N) is 1. The Labute approximate surface area is 327 Å². The summed E-state index contributed by atoms with van der Waals surface area (Å²) in [6.07, 6.45) is 14.0. The molecule has 53 heavy (non-hydrogen) atoms. The van der Waals surface area contributed by atoms with E-state index in [4.69, 9.17) is 9.05 Å². The fraction of sp³-hybridized carbons (Fsp3) is 0.190. The van der Waals surface area contributed by atoms with Gasteiger partial charge in [0.25, 0.3) is 0 Å². The second kappa shape index (κ2) is 25.6. The fourth-order valence-electron chi connectivity index (χ4n) is 5.20. The van der Waals surface area contributed by atoms with Gasteiger partial charge < -0.3 is 31.2 Å². The molecule has 0 unspecified atom stereocenters. The Morgan fingerprint density at radius 3 is 0.943 bits per heavy atom. The van der Waals surface area contributed by atoms with Gasteiger partial charge in [-0.1, -0.05) is 164 Å². The van der Waals surface area contributed by atoms with Gasteiger partial charge >= 0.3 is 7.25 Å². The van der Waals surface area contributed by atoms with Gasteiger partial charge in [0, 0.05) is 59.5 Å². The topological polar surface area (TPSA) is 21.7 Å². The third kappa shape index (κ3) is 18.0. The van der Waals surface area contributed by atoms with E-state index < -0.39 is 23.6 Å². The van der Waals surface area contributed by atoms with Gasteiger partial charge in [-0.3, -0.25) is 0 Å². The molecule has 0 saturated heterocycles. The van der Waals surface area contributed by atoms with Gasteiger partial charge in [-0.2, -0.15) is 0 Å². The zero-order valence-corrected chi connectivity index (χ0v) is 32.9. The van der Waals surface area contributed by atoms with Gasteiger partial charge in [0.2, 0.25) is 0 Å². The second-order valence-electron chi connectivity index (χ2n) is 11.5. The van der Waals surface area contributed by atoms with E-state index >= 15 is 0 Å². The average Bonchev–Trinajstić information content (AvgIpc) is 3.15. The molecule has 0 aromatic heterocycles. The normalized spacial score (nSPS) is 13.5. The maximum atomic E-state index is 9.75. The fourth-order valence-corrected chi connectivity index (χ4v) is 8.69. The van der Waals surface area contributed by atoms with Crippen molar-refractivity contribution in [1.82, 2.24) is 0 Å². The van der Waals surface area contributed by atoms with Crippen molar-refractivity contribution in [2.45, 2.75) is 25.7 Å². The second-order valence-corrected chi connectivity index (χ2v) is 15.3. The Bertz CT molecular complexity index is 1510. The largest absolute Gasteiger partial charge is 0.673 e. The van der Waals surface area contributed by atoms with E-state index in [9.17, 15) is 17.3 Å². The standard InChI is InChI=1S/C34H33NO2P2.C8H12.BF4.Rh/c1-6-16-30(17-7-1)35(26-28-36-38(31-18-8-2-9-19-31)32-20-10-3-11-21-32)27-29-37-39(33-22-12-4-13-23-33)34-24-14-5-15-25-34;1-2-4-6-8-7-5-3-1;2-1(3,4)5;/h1-25H,26-29H2;1-2,7-8H,3-6H2;;/q;;-1;/b;2-1-,8-7-;;. The zero-order valence-electron chi connectivity index (χ0n) is 29.5. The number of rotatable bonds is 13. The number of hydrogen-bond acceptors (Lipinski definition) is 3. The van der Waals surface area contributed by atoms with E-state index in [0.717, 1.165) is 13.1 Å². The van der Waals surface area contributed by atoms with Crippen LogP contribution >= 0.6 is 16.3 Å². The molecule has 0 amide bonds. The summed E-state index contributed by atoms with van der Waals surface area (Å²) in [4.78, 5) is 2.37. The summed E-state index contributed by atoms with van der Waals surface area (Å²) in [5.41, 5.74) is 1.18. The summed E-state index contributed by atoms with van der Waals surface area (Å²) in [7, 11) is -7.78. The minimum atomic E-state index is -6.00. The van der Waals surface area contributed by atoms with Crippen molar-refractivity contribution in [3.63, 3.8) is 0 Å². The first-order chi connectivity index (χ1) is 25.4. The summed E-state index contributed by atoms with van der Waals surface area (Å²) in [6.45, 7) is 2.80. The first-order valence-corrected chi connectivity index (χ1v) is 19.9. The van der Waals surface area contributed by atoms with Crippen molar-refractivity contribution in [2.75, 3.05) is 31.2 Å². The van der Waals surface area contributed by atoms with Gasteiger partial charge in [-0.15, -0.1) is 0 Å². The van der Waals surface area contributed by atoms with Crippen molar-refractivity contribution in [1.29, 1.82) is 0 Å². The molecule has 6 rings (SSSR count). The van der Waals surface area contributed by atoms with E-state index in [2.05, 4.69) is 181 Å². The Hall–Kier alpha value is -3.43. The third-order valence-electron chi connectivity index (χ3n) is 7.58. The van der Waals surface area contributed by atoms with Crippen molar-refractivity contribution in [2.24, 2.45) is 0 Å². The molecule has 1 radical (unpaired) electrons. The van der Waals surface area contributed by atoms with Crippen molar-refractivity contribution in [3.05, 3.63) is 176 Å². The molecule has 0 saturated carbocycles. The summed E-state index contributed by atoms with van der Waals surface area (Å²) in [5.74, 6) is 0. The Morgan fingerprint density at radius 2 is 0.679 bits per heavy atom. The van der Waals surface area contributed by atoms with Crippen LogP contribution < -0.4 is 26.1 Å². The summed E-state index contributed by atoms with van der Waals surface area (Å²) >= 11 is 0. The Balaban J connectivity index is 0.000000458. The van der Waals surface area contributed by atoms with Crippen LogP contribution in [0.1, 0.15) is 25.7 Å². The van der Waals surface area contributed by atoms with Crippen LogP contribution in [0.2, 0.25) is 0 Å². The van der Waals surface area contributed by atoms with Crippen molar-refractivity contribution < 1.29 is 45.8 Å². The van der Waals surface area contributed by atoms with Crippen molar-refractivity contribution >= 4 is 50.5 Å². The maximum Gasteiger partial charge on any atom is 0.673 e. The van der Waals surface area contributed by atoms with E-state index in [0.29, 0.717) is 13.2 Å². The molecule has 1 aliphatic rings. The van der Waals surface area contributed by atoms with Crippen LogP contribution in [-0.4, -0.2) is 33.6 Å². The molecular formula is C42H45BF4NO2P2Rh-. The smallest absolute Gasteiger partial charge is 0.418 e. The summed E-state index contributed by atoms with van der Waals surface area (Å²) in [5, 5.41) is 4.91. The van der Waals surface area contributed by atoms with Crippen LogP contribution in [0.5, 0.6) is 0 Å². The van der Waals surface area contributed by atoms with E-state index in [1.807, 2.05) is 0 Å². The van der Waals surface area contributed by atoms with E-state index in [-0.39, 0.29) is 19.5 Å². The Morgan fingerprint density at radius 1 is 0.434 bits per heavy atom. The molecule has 1 aliphatic carbocycles. The maximum absolute atomic E-state index is 9.75. The molecule has 3 nitrogen and oxygen atoms in total. The first-order valence-electron chi connectivity index (χ1n) is 17.4. The minimum absolute atomic E-state index is 0. The predicted octanol–water partition coefficient (Wildman–Crippen LogP) is 10.6. The van der Waals surface area contributed by atoms with Gasteiger partial charge in [-0.05, 0) is 37.8 Å². The molecule has 0 bridgehead atoms. The number of benzene rings is 5. The molecule has 0 fully saturated rings. The van der Waals surface area contributed by atoms with Gasteiger partial charge in [-0.25, -0.2) is 0 Å². The molecule has 11 heteroatoms. The van der Waals surface area contributed by atoms with Crippen LogP contribution in [0, 0.1) is 0 Å². The molecule has 5 aromatic carbocycles. The molecule has 5 aromatic rings. The predicted molar refractivity (Wildman–Crippen MR) is 216 cm³/mol. The van der Waals surface area contributed by atoms with E-state index in [1.165, 1.54) is 52.6 Å². The quantitative estimate of drug-likeness (QED) is 0.0510. The van der Waals surface area contributed by atoms with E-state index in [1.54, 1.807) is 0 Å². The number of halogens is 4. The molecule has 0 spiro atoms. The van der Waals surface area contributed by atoms with Crippen LogP contribution in [0.3, 0.4) is 0 Å². The van der Waals surface area contributed by atoms with Crippen LogP contribution in [-0.2, 0) is 28.5 Å². The molecular weight excluding hydrogens is 802 g/mol. The molecule has 281 valence electrons. The zero-order chi connectivity index (χ0) is 36.7. The summed E-state index contributed by atoms with van der Waals surface area (Å²) in [6, 6.07) is 52.8. The molecule has 0 aliphatic heterocycles. The SMILES string of the molecule is C1=C\CC/C=C\CC/1.F[B-](F)(F)F.[Rh].c1ccc(N(CCOP(c2ccccc2)c2ccccc2)CCOP(c2ccccc2)c2ccccc2)cc1. The molecule has 0 heterocycles. The molecule has 0 N–H and O–H groups in total. The molecule has 0 atom stereocenters. The number of anilines is 1. The first kappa shape index (κ1) is 44.0. The number of allylic oxidation sites excluding steroid dienone is 4. The minimum Gasteiger partial charge on any atom is -0.418 e. The van der Waals surface area contributed by atoms with Crippen LogP contribution in [0.25, 0.3) is 0 Å². The number of para-hydroxylation sites is 1. The van der Waals surface area contributed by atoms with Gasteiger partial charge in [0.05, 0.1) is 29.5 Å². The van der Waals surface area contributed by atoms with Crippen LogP contribution in [0.4, 0.5) is 23.0 Å². The third-order valence-corrected chi connectivity index (χ3v) is 11.5. The van der Waals surface area contributed by atoms with Crippen LogP contribution in [0.15, 0.2) is 176 Å². The monoisotopic (exact) mass is 847 g/mol. The van der Waals surface area contributed by atoms with Gasteiger partial charge in [0.15, 0.2) is 0 Å². The van der Waals surface area contributed by atoms with Gasteiger partial charge in [0.1, 0.15) is 0 Å². The Kier molecular flexibility index (Phi) is 21.2. The van der Waals surface area contributed by atoms with Crippen molar-refractivity contribution in [3.8, 4) is 0 Å². The average molecular weight is 847 g/mol. The number of hydrogen-bond donors (Lipinski definition) is 0.